The van der Waals surface area contributed by atoms with Crippen molar-refractivity contribution in [3.05, 3.63) is 62.7 Å². The van der Waals surface area contributed by atoms with Crippen molar-refractivity contribution < 1.29 is 14.0 Å². The molecule has 0 saturated heterocycles. The highest BCUT2D eigenvalue weighted by molar-refractivity contribution is 6.06. The van der Waals surface area contributed by atoms with Crippen molar-refractivity contribution in [3.63, 3.8) is 0 Å². The first-order chi connectivity index (χ1) is 13.6. The quantitative estimate of drug-likeness (QED) is 0.806. The maximum atomic E-state index is 12.8. The molecule has 0 bridgehead atoms. The molecule has 1 aliphatic rings. The van der Waals surface area contributed by atoms with Crippen molar-refractivity contribution in [3.8, 4) is 0 Å². The summed E-state index contributed by atoms with van der Waals surface area (Å²) in [6.45, 7) is 9.22. The molecule has 154 valence electrons. The number of aryl methyl sites for hydroxylation is 1. The molecule has 6 heteroatoms. The van der Waals surface area contributed by atoms with Crippen molar-refractivity contribution >= 4 is 17.5 Å². The normalized spacial score (nSPS) is 14.2. The number of carbonyl (C=O) groups excluding carboxylic acids is 2. The zero-order valence-electron chi connectivity index (χ0n) is 17.6. The van der Waals surface area contributed by atoms with E-state index < -0.39 is 11.5 Å². The first-order valence-corrected chi connectivity index (χ1v) is 9.95. The minimum atomic E-state index is -0.622. The van der Waals surface area contributed by atoms with E-state index in [1.165, 1.54) is 0 Å². The van der Waals surface area contributed by atoms with Gasteiger partial charge in [0.25, 0.3) is 11.8 Å². The summed E-state index contributed by atoms with van der Waals surface area (Å²) in [7, 11) is 0. The van der Waals surface area contributed by atoms with Gasteiger partial charge in [-0.05, 0) is 76.8 Å². The number of nitrogens with one attached hydrogen (secondary N) is 2. The summed E-state index contributed by atoms with van der Waals surface area (Å²) in [5.41, 5.74) is 1.19. The second-order valence-electron chi connectivity index (χ2n) is 8.76. The minimum Gasteiger partial charge on any atom is -0.427 e. The second kappa shape index (κ2) is 7.85. The molecule has 2 aromatic rings. The van der Waals surface area contributed by atoms with Gasteiger partial charge in [0, 0.05) is 22.7 Å². The average Bonchev–Trinajstić information content (AvgIpc) is 2.52. The Morgan fingerprint density at radius 1 is 1.10 bits per heavy atom. The molecule has 1 aliphatic carbocycles. The van der Waals surface area contributed by atoms with E-state index >= 15 is 0 Å². The Bertz CT molecular complexity index is 1010. The van der Waals surface area contributed by atoms with Crippen LogP contribution in [0.25, 0.3) is 0 Å². The Kier molecular flexibility index (Phi) is 5.64. The van der Waals surface area contributed by atoms with E-state index in [9.17, 15) is 14.4 Å². The lowest BCUT2D eigenvalue weighted by Crippen LogP contribution is -2.40. The Labute approximate surface area is 170 Å². The molecule has 29 heavy (non-hydrogen) atoms. The molecular weight excluding hydrogens is 368 g/mol. The zero-order valence-corrected chi connectivity index (χ0v) is 17.6. The van der Waals surface area contributed by atoms with Crippen LogP contribution in [0.4, 0.5) is 5.69 Å². The molecule has 0 spiro atoms. The number of hydrogen-bond donors (Lipinski definition) is 2. The monoisotopic (exact) mass is 396 g/mol. The molecule has 0 unspecified atom stereocenters. The van der Waals surface area contributed by atoms with Crippen molar-refractivity contribution in [2.45, 2.75) is 65.3 Å². The van der Waals surface area contributed by atoms with Crippen LogP contribution >= 0.6 is 0 Å². The summed E-state index contributed by atoms with van der Waals surface area (Å²) in [5.74, 6) is 0.186. The lowest BCUT2D eigenvalue weighted by Gasteiger charge is -2.24. The Morgan fingerprint density at radius 3 is 2.34 bits per heavy atom. The van der Waals surface area contributed by atoms with Crippen LogP contribution in [0, 0.1) is 13.8 Å². The number of rotatable bonds is 4. The van der Waals surface area contributed by atoms with Crippen molar-refractivity contribution in [1.29, 1.82) is 0 Å². The first kappa shape index (κ1) is 20.8. The minimum absolute atomic E-state index is 0.00276. The lowest BCUT2D eigenvalue weighted by molar-refractivity contribution is 0.0917. The topological polar surface area (TPSA) is 88.4 Å². The maximum absolute atomic E-state index is 12.8. The molecule has 1 saturated carbocycles. The van der Waals surface area contributed by atoms with E-state index in [0.29, 0.717) is 28.1 Å². The molecule has 2 amide bonds. The highest BCUT2D eigenvalue weighted by atomic mass is 16.4. The van der Waals surface area contributed by atoms with E-state index in [4.69, 9.17) is 4.42 Å². The van der Waals surface area contributed by atoms with Gasteiger partial charge in [0.2, 0.25) is 0 Å². The fourth-order valence-corrected chi connectivity index (χ4v) is 3.41. The van der Waals surface area contributed by atoms with Crippen molar-refractivity contribution in [1.82, 2.24) is 5.32 Å². The van der Waals surface area contributed by atoms with E-state index in [0.717, 1.165) is 19.3 Å². The molecule has 6 nitrogen and oxygen atoms in total. The van der Waals surface area contributed by atoms with Gasteiger partial charge in [0.15, 0.2) is 0 Å². The number of carbonyl (C=O) groups is 2. The van der Waals surface area contributed by atoms with E-state index in [1.54, 1.807) is 38.1 Å². The molecule has 1 aromatic heterocycles. The van der Waals surface area contributed by atoms with Crippen molar-refractivity contribution in [2.24, 2.45) is 0 Å². The molecule has 3 rings (SSSR count). The van der Waals surface area contributed by atoms with Crippen LogP contribution in [0.5, 0.6) is 0 Å². The van der Waals surface area contributed by atoms with Gasteiger partial charge in [-0.15, -0.1) is 0 Å². The lowest BCUT2D eigenvalue weighted by atomic mass is 9.83. The smallest absolute Gasteiger partial charge is 0.349 e. The molecule has 0 radical (unpaired) electrons. The fraction of sp³-hybridized carbons (Fsp3) is 0.435. The van der Waals surface area contributed by atoms with Gasteiger partial charge in [-0.3, -0.25) is 9.59 Å². The van der Waals surface area contributed by atoms with Gasteiger partial charge in [0.05, 0.1) is 0 Å². The summed E-state index contributed by atoms with van der Waals surface area (Å²) < 4.78 is 5.42. The maximum Gasteiger partial charge on any atom is 0.349 e. The highest BCUT2D eigenvalue weighted by Crippen LogP contribution is 2.36. The van der Waals surface area contributed by atoms with Crippen LogP contribution in [0.3, 0.4) is 0 Å². The van der Waals surface area contributed by atoms with E-state index in [1.807, 2.05) is 20.8 Å². The Balaban J connectivity index is 1.85. The third kappa shape index (κ3) is 4.58. The molecule has 2 N–H and O–H groups in total. The average molecular weight is 396 g/mol. The molecule has 1 heterocycles. The van der Waals surface area contributed by atoms with Crippen LogP contribution in [0.2, 0.25) is 0 Å². The molecule has 1 fully saturated rings. The summed E-state index contributed by atoms with van der Waals surface area (Å²) >= 11 is 0. The number of hydrogen-bond acceptors (Lipinski definition) is 4. The van der Waals surface area contributed by atoms with E-state index in [-0.39, 0.29) is 22.9 Å². The van der Waals surface area contributed by atoms with Crippen LogP contribution in [0.1, 0.15) is 83.6 Å². The van der Waals surface area contributed by atoms with Gasteiger partial charge in [-0.1, -0.05) is 12.5 Å². The third-order valence-electron chi connectivity index (χ3n) is 5.22. The predicted molar refractivity (Wildman–Crippen MR) is 113 cm³/mol. The summed E-state index contributed by atoms with van der Waals surface area (Å²) in [5, 5.41) is 5.68. The molecular formula is C23H28N2O4. The van der Waals surface area contributed by atoms with Gasteiger partial charge < -0.3 is 15.1 Å². The van der Waals surface area contributed by atoms with Crippen LogP contribution in [0.15, 0.2) is 33.5 Å². The Morgan fingerprint density at radius 2 is 1.79 bits per heavy atom. The third-order valence-corrected chi connectivity index (χ3v) is 5.22. The number of benzene rings is 1. The zero-order chi connectivity index (χ0) is 21.3. The highest BCUT2D eigenvalue weighted by Gasteiger charge is 2.25. The van der Waals surface area contributed by atoms with Gasteiger partial charge in [0.1, 0.15) is 11.3 Å². The van der Waals surface area contributed by atoms with Gasteiger partial charge in [-0.2, -0.15) is 0 Å². The summed E-state index contributed by atoms with van der Waals surface area (Å²) in [4.78, 5) is 37.8. The van der Waals surface area contributed by atoms with E-state index in [2.05, 4.69) is 10.6 Å². The van der Waals surface area contributed by atoms with Crippen LogP contribution < -0.4 is 16.3 Å². The number of amides is 2. The summed E-state index contributed by atoms with van der Waals surface area (Å²) in [6, 6.07) is 6.91. The predicted octanol–water partition coefficient (Wildman–Crippen LogP) is 4.30. The second-order valence-corrected chi connectivity index (χ2v) is 8.76. The molecule has 1 aromatic carbocycles. The SMILES string of the molecule is Cc1cc(C2CCC2)oc(=O)c1C(=O)Nc1cccc(C(=O)NC(C)(C)C)c1C. The molecule has 0 aliphatic heterocycles. The number of anilines is 1. The first-order valence-electron chi connectivity index (χ1n) is 9.95. The van der Waals surface area contributed by atoms with Crippen molar-refractivity contribution in [2.75, 3.05) is 5.32 Å². The van der Waals surface area contributed by atoms with Crippen LogP contribution in [-0.4, -0.2) is 17.4 Å². The summed E-state index contributed by atoms with van der Waals surface area (Å²) in [6.07, 6.45) is 3.15. The fourth-order valence-electron chi connectivity index (χ4n) is 3.41. The Hall–Kier alpha value is -2.89. The standard InChI is InChI=1S/C23H28N2O4/c1-13-12-18(15-8-6-9-15)29-22(28)19(13)21(27)24-17-11-7-10-16(14(17)2)20(26)25-23(3,4)5/h7,10-12,15H,6,8-9H2,1-5H3,(H,24,27)(H,25,26). The van der Waals surface area contributed by atoms with Gasteiger partial charge in [-0.25, -0.2) is 4.79 Å². The van der Waals surface area contributed by atoms with Gasteiger partial charge >= 0.3 is 5.63 Å². The van der Waals surface area contributed by atoms with Crippen LogP contribution in [-0.2, 0) is 0 Å². The largest absolute Gasteiger partial charge is 0.427 e. The molecule has 0 atom stereocenters.